The Labute approximate surface area is 74.2 Å². The first-order valence-electron chi connectivity index (χ1n) is 5.26. The summed E-state index contributed by atoms with van der Waals surface area (Å²) < 4.78 is 0. The van der Waals surface area contributed by atoms with Gasteiger partial charge in [-0.2, -0.15) is 0 Å². The molecular formula is C10H17N2-. The Hall–Kier alpha value is -0.400. The fourth-order valence-corrected chi connectivity index (χ4v) is 3.05. The van der Waals surface area contributed by atoms with Crippen LogP contribution in [0.5, 0.6) is 0 Å². The quantitative estimate of drug-likeness (QED) is 0.534. The monoisotopic (exact) mass is 165 g/mol. The Kier molecular flexibility index (Phi) is 2.43. The lowest BCUT2D eigenvalue weighted by Gasteiger charge is -2.40. The second-order valence-electron chi connectivity index (χ2n) is 4.32. The molecule has 0 aromatic rings. The molecule has 0 heterocycles. The highest BCUT2D eigenvalue weighted by molar-refractivity contribution is 4.88. The maximum atomic E-state index is 8.85. The van der Waals surface area contributed by atoms with Crippen molar-refractivity contribution < 1.29 is 0 Å². The van der Waals surface area contributed by atoms with Crippen molar-refractivity contribution in [3.05, 3.63) is 5.53 Å². The van der Waals surface area contributed by atoms with Crippen molar-refractivity contribution in [3.63, 3.8) is 0 Å². The summed E-state index contributed by atoms with van der Waals surface area (Å²) in [4.78, 5) is 0. The molecule has 0 saturated heterocycles. The molecule has 0 amide bonds. The van der Waals surface area contributed by atoms with E-state index in [1.165, 1.54) is 38.5 Å². The van der Waals surface area contributed by atoms with E-state index in [2.05, 4.69) is 5.11 Å². The predicted octanol–water partition coefficient (Wildman–Crippen LogP) is 3.37. The highest BCUT2D eigenvalue weighted by Crippen LogP contribution is 2.41. The number of hydrogen-bond acceptors (Lipinski definition) is 1. The molecule has 2 fully saturated rings. The van der Waals surface area contributed by atoms with Crippen molar-refractivity contribution in [1.29, 1.82) is 0 Å². The highest BCUT2D eigenvalue weighted by Gasteiger charge is 2.33. The molecule has 0 bridgehead atoms. The zero-order valence-corrected chi connectivity index (χ0v) is 7.58. The van der Waals surface area contributed by atoms with Crippen LogP contribution in [0.1, 0.15) is 44.9 Å². The highest BCUT2D eigenvalue weighted by atomic mass is 15.0. The summed E-state index contributed by atoms with van der Waals surface area (Å²) in [5, 5.41) is 3.53. The summed E-state index contributed by atoms with van der Waals surface area (Å²) in [6.07, 6.45) is 9.23. The number of hydrogen-bond donors (Lipinski definition) is 0. The molecule has 0 N–H and O–H groups in total. The van der Waals surface area contributed by atoms with Crippen LogP contribution in [-0.2, 0) is 0 Å². The van der Waals surface area contributed by atoms with Gasteiger partial charge in [0.1, 0.15) is 0 Å². The first-order valence-corrected chi connectivity index (χ1v) is 5.26. The van der Waals surface area contributed by atoms with E-state index in [4.69, 9.17) is 5.53 Å². The molecule has 0 aromatic carbocycles. The molecule has 0 aliphatic heterocycles. The molecule has 2 rings (SSSR count). The lowest BCUT2D eigenvalue weighted by Crippen LogP contribution is -2.33. The Balaban J connectivity index is 2.03. The molecule has 0 aromatic heterocycles. The summed E-state index contributed by atoms with van der Waals surface area (Å²) in [5.74, 6) is 1.60. The molecule has 2 heteroatoms. The summed E-state index contributed by atoms with van der Waals surface area (Å²) in [6, 6.07) is 0.282. The van der Waals surface area contributed by atoms with Crippen molar-refractivity contribution in [1.82, 2.24) is 0 Å². The Bertz CT molecular complexity index is 165. The molecule has 2 aliphatic carbocycles. The second kappa shape index (κ2) is 3.55. The first-order chi connectivity index (χ1) is 5.92. The summed E-state index contributed by atoms with van der Waals surface area (Å²) in [6.45, 7) is 0. The first kappa shape index (κ1) is 8.21. The van der Waals surface area contributed by atoms with Gasteiger partial charge < -0.3 is 10.6 Å². The van der Waals surface area contributed by atoms with Crippen LogP contribution in [0.3, 0.4) is 0 Å². The summed E-state index contributed by atoms with van der Waals surface area (Å²) in [7, 11) is 0. The topological polar surface area (TPSA) is 34.7 Å². The van der Waals surface area contributed by atoms with E-state index in [1.54, 1.807) is 0 Å². The lowest BCUT2D eigenvalue weighted by atomic mass is 9.69. The van der Waals surface area contributed by atoms with Gasteiger partial charge in [-0.05, 0) is 24.7 Å². The molecule has 3 atom stereocenters. The van der Waals surface area contributed by atoms with Gasteiger partial charge in [-0.1, -0.05) is 32.1 Å². The van der Waals surface area contributed by atoms with E-state index >= 15 is 0 Å². The third-order valence-corrected chi connectivity index (χ3v) is 3.69. The van der Waals surface area contributed by atoms with E-state index in [-0.39, 0.29) is 6.04 Å². The minimum atomic E-state index is 0.282. The minimum Gasteiger partial charge on any atom is -0.712 e. The fraction of sp³-hybridized carbons (Fsp3) is 1.00. The Morgan fingerprint density at radius 1 is 0.917 bits per heavy atom. The average Bonchev–Trinajstić information content (AvgIpc) is 2.17. The molecule has 0 radical (unpaired) electrons. The molecule has 3 unspecified atom stereocenters. The molecule has 0 spiro atoms. The second-order valence-corrected chi connectivity index (χ2v) is 4.32. The van der Waals surface area contributed by atoms with Crippen LogP contribution < -0.4 is 0 Å². The van der Waals surface area contributed by atoms with Gasteiger partial charge in [0.05, 0.1) is 0 Å². The third kappa shape index (κ3) is 1.39. The molecule has 2 saturated carbocycles. The van der Waals surface area contributed by atoms with Gasteiger partial charge in [0.15, 0.2) is 0 Å². The molecule has 68 valence electrons. The van der Waals surface area contributed by atoms with Crippen molar-refractivity contribution in [3.8, 4) is 0 Å². The van der Waals surface area contributed by atoms with Gasteiger partial charge in [-0.3, -0.25) is 0 Å². The van der Waals surface area contributed by atoms with Gasteiger partial charge in [-0.25, -0.2) is 0 Å². The van der Waals surface area contributed by atoms with Crippen molar-refractivity contribution in [2.45, 2.75) is 51.0 Å². The molecule has 2 nitrogen and oxygen atoms in total. The van der Waals surface area contributed by atoms with Gasteiger partial charge in [0.25, 0.3) is 0 Å². The maximum Gasteiger partial charge on any atom is 0.0294 e. The van der Waals surface area contributed by atoms with E-state index in [9.17, 15) is 0 Å². The largest absolute Gasteiger partial charge is 0.712 e. The van der Waals surface area contributed by atoms with Crippen LogP contribution in [0.25, 0.3) is 5.53 Å². The normalized spacial score (nSPS) is 41.8. The van der Waals surface area contributed by atoms with Crippen molar-refractivity contribution in [2.75, 3.05) is 0 Å². The van der Waals surface area contributed by atoms with Crippen LogP contribution in [0.15, 0.2) is 5.11 Å². The van der Waals surface area contributed by atoms with Gasteiger partial charge >= 0.3 is 0 Å². The van der Waals surface area contributed by atoms with E-state index in [0.717, 1.165) is 18.3 Å². The van der Waals surface area contributed by atoms with E-state index in [0.29, 0.717) is 0 Å². The standard InChI is InChI=1S/C10H17N2/c11-12-10-7-3-5-8-4-1-2-6-9(8)10/h8-10H,1-7H2/q-1. The Morgan fingerprint density at radius 3 is 2.50 bits per heavy atom. The van der Waals surface area contributed by atoms with Gasteiger partial charge in [0, 0.05) is 6.04 Å². The van der Waals surface area contributed by atoms with Crippen LogP contribution in [0.4, 0.5) is 0 Å². The SMILES string of the molecule is [N-]=NC1CCCC2CCCCC21. The minimum absolute atomic E-state index is 0.282. The summed E-state index contributed by atoms with van der Waals surface area (Å²) >= 11 is 0. The van der Waals surface area contributed by atoms with Crippen LogP contribution >= 0.6 is 0 Å². The van der Waals surface area contributed by atoms with Gasteiger partial charge in [-0.15, -0.1) is 0 Å². The van der Waals surface area contributed by atoms with Crippen LogP contribution in [0.2, 0.25) is 0 Å². The van der Waals surface area contributed by atoms with Crippen molar-refractivity contribution in [2.24, 2.45) is 17.0 Å². The zero-order valence-electron chi connectivity index (χ0n) is 7.58. The van der Waals surface area contributed by atoms with Crippen molar-refractivity contribution >= 4 is 0 Å². The van der Waals surface area contributed by atoms with Gasteiger partial charge in [0.2, 0.25) is 0 Å². The predicted molar refractivity (Wildman–Crippen MR) is 48.9 cm³/mol. The van der Waals surface area contributed by atoms with Crippen LogP contribution in [0, 0.1) is 11.8 Å². The molecular weight excluding hydrogens is 148 g/mol. The zero-order chi connectivity index (χ0) is 8.39. The fourth-order valence-electron chi connectivity index (χ4n) is 3.05. The maximum absolute atomic E-state index is 8.85. The number of nitrogens with zero attached hydrogens (tertiary/aromatic N) is 2. The number of fused-ring (bicyclic) bond motifs is 1. The third-order valence-electron chi connectivity index (χ3n) is 3.69. The van der Waals surface area contributed by atoms with Crippen LogP contribution in [-0.4, -0.2) is 6.04 Å². The average molecular weight is 165 g/mol. The Morgan fingerprint density at radius 2 is 1.67 bits per heavy atom. The number of rotatable bonds is 1. The molecule has 12 heavy (non-hydrogen) atoms. The molecule has 2 aliphatic rings. The summed E-state index contributed by atoms with van der Waals surface area (Å²) in [5.41, 5.74) is 8.85. The van der Waals surface area contributed by atoms with E-state index < -0.39 is 0 Å². The van der Waals surface area contributed by atoms with E-state index in [1.807, 2.05) is 0 Å². The lowest BCUT2D eigenvalue weighted by molar-refractivity contribution is 0.147. The smallest absolute Gasteiger partial charge is 0.0294 e.